The summed E-state index contributed by atoms with van der Waals surface area (Å²) in [5.41, 5.74) is 0.649. The quantitative estimate of drug-likeness (QED) is 0.339. The summed E-state index contributed by atoms with van der Waals surface area (Å²) in [7, 11) is 1.55. The molecule has 0 unspecified atom stereocenters. The number of nitrogens with zero attached hydrogens (tertiary/aromatic N) is 2. The van der Waals surface area contributed by atoms with Gasteiger partial charge in [0, 0.05) is 31.7 Å². The summed E-state index contributed by atoms with van der Waals surface area (Å²) in [6.07, 6.45) is -0.231. The number of ketones is 1. The number of likely N-dealkylation sites (tertiary alicyclic amines) is 1. The van der Waals surface area contributed by atoms with E-state index in [4.69, 9.17) is 14.2 Å². The highest BCUT2D eigenvalue weighted by atomic mass is 19.1. The van der Waals surface area contributed by atoms with Crippen molar-refractivity contribution in [2.75, 3.05) is 46.5 Å². The molecule has 2 aliphatic rings. The molecule has 0 radical (unpaired) electrons. The maximum atomic E-state index is 14.7. The fourth-order valence-corrected chi connectivity index (χ4v) is 4.47. The highest BCUT2D eigenvalue weighted by Crippen LogP contribution is 2.40. The second-order valence-corrected chi connectivity index (χ2v) is 9.03. The number of rotatable bonds is 8. The van der Waals surface area contributed by atoms with Crippen molar-refractivity contribution in [1.29, 1.82) is 0 Å². The zero-order chi connectivity index (χ0) is 25.8. The molecule has 8 nitrogen and oxygen atoms in total. The third-order valence-corrected chi connectivity index (χ3v) is 6.30. The van der Waals surface area contributed by atoms with Gasteiger partial charge in [0.2, 0.25) is 0 Å². The molecule has 2 aromatic carbocycles. The molecule has 0 spiro atoms. The number of aliphatic hydroxyl groups is 1. The van der Waals surface area contributed by atoms with E-state index < -0.39 is 29.3 Å². The minimum atomic E-state index is -0.827. The number of aliphatic hydroxyl groups excluding tert-OH is 1. The Bertz CT molecular complexity index is 1140. The smallest absolute Gasteiger partial charge is 0.295 e. The SMILES string of the molecule is COc1ccc([C@@H]2C(=C(O)c3ccc(OC(C)C)c(F)c3)C(=O)C(=O)N2CCN2CCOCC2)cc1. The van der Waals surface area contributed by atoms with Crippen LogP contribution in [0.2, 0.25) is 0 Å². The fraction of sp³-hybridized carbons (Fsp3) is 0.407. The van der Waals surface area contributed by atoms with Crippen LogP contribution in [-0.4, -0.2) is 79.2 Å². The Balaban J connectivity index is 1.73. The fourth-order valence-electron chi connectivity index (χ4n) is 4.47. The molecule has 2 saturated heterocycles. The maximum absolute atomic E-state index is 14.7. The lowest BCUT2D eigenvalue weighted by molar-refractivity contribution is -0.140. The summed E-state index contributed by atoms with van der Waals surface area (Å²) in [5, 5.41) is 11.2. The number of morpholine rings is 1. The van der Waals surface area contributed by atoms with E-state index in [2.05, 4.69) is 4.90 Å². The number of hydrogen-bond donors (Lipinski definition) is 1. The zero-order valence-electron chi connectivity index (χ0n) is 20.7. The molecule has 9 heteroatoms. The van der Waals surface area contributed by atoms with Crippen LogP contribution in [0.25, 0.3) is 5.76 Å². The molecule has 2 fully saturated rings. The van der Waals surface area contributed by atoms with Gasteiger partial charge >= 0.3 is 0 Å². The predicted octanol–water partition coefficient (Wildman–Crippen LogP) is 3.38. The average molecular weight is 499 g/mol. The van der Waals surface area contributed by atoms with E-state index in [9.17, 15) is 19.1 Å². The van der Waals surface area contributed by atoms with Crippen LogP contribution >= 0.6 is 0 Å². The average Bonchev–Trinajstić information content (AvgIpc) is 3.13. The van der Waals surface area contributed by atoms with Gasteiger partial charge in [-0.25, -0.2) is 4.39 Å². The van der Waals surface area contributed by atoms with Crippen LogP contribution in [0.5, 0.6) is 11.5 Å². The first-order chi connectivity index (χ1) is 17.3. The van der Waals surface area contributed by atoms with Crippen LogP contribution in [0.15, 0.2) is 48.0 Å². The van der Waals surface area contributed by atoms with Gasteiger partial charge in [-0.1, -0.05) is 12.1 Å². The number of halogens is 1. The van der Waals surface area contributed by atoms with Crippen molar-refractivity contribution < 1.29 is 33.3 Å². The number of carbonyl (C=O) groups is 2. The van der Waals surface area contributed by atoms with Gasteiger partial charge in [-0.05, 0) is 49.7 Å². The van der Waals surface area contributed by atoms with Crippen molar-refractivity contribution in [2.24, 2.45) is 0 Å². The van der Waals surface area contributed by atoms with Crippen LogP contribution < -0.4 is 9.47 Å². The summed E-state index contributed by atoms with van der Waals surface area (Å²) in [4.78, 5) is 30.0. The summed E-state index contributed by atoms with van der Waals surface area (Å²) < 4.78 is 30.8. The highest BCUT2D eigenvalue weighted by molar-refractivity contribution is 6.46. The minimum Gasteiger partial charge on any atom is -0.507 e. The zero-order valence-corrected chi connectivity index (χ0v) is 20.7. The van der Waals surface area contributed by atoms with Crippen molar-refractivity contribution >= 4 is 17.4 Å². The van der Waals surface area contributed by atoms with E-state index in [1.807, 2.05) is 0 Å². The number of methoxy groups -OCH3 is 1. The van der Waals surface area contributed by atoms with Gasteiger partial charge < -0.3 is 24.2 Å². The third-order valence-electron chi connectivity index (χ3n) is 6.30. The molecule has 2 heterocycles. The molecule has 1 amide bonds. The Labute approximate surface area is 209 Å². The van der Waals surface area contributed by atoms with E-state index in [1.165, 1.54) is 17.0 Å². The van der Waals surface area contributed by atoms with Gasteiger partial charge in [0.1, 0.15) is 11.5 Å². The van der Waals surface area contributed by atoms with E-state index in [0.29, 0.717) is 31.1 Å². The Kier molecular flexibility index (Phi) is 7.91. The summed E-state index contributed by atoms with van der Waals surface area (Å²) in [6.45, 7) is 7.10. The van der Waals surface area contributed by atoms with Crippen LogP contribution in [0, 0.1) is 5.82 Å². The molecule has 0 aromatic heterocycles. The molecular weight excluding hydrogens is 467 g/mol. The summed E-state index contributed by atoms with van der Waals surface area (Å²) in [6, 6.07) is 10.1. The molecule has 4 rings (SSSR count). The van der Waals surface area contributed by atoms with Crippen LogP contribution in [0.3, 0.4) is 0 Å². The Hall–Kier alpha value is -3.43. The first-order valence-electron chi connectivity index (χ1n) is 12.0. The highest BCUT2D eigenvalue weighted by Gasteiger charge is 2.46. The van der Waals surface area contributed by atoms with Crippen molar-refractivity contribution in [2.45, 2.75) is 26.0 Å². The van der Waals surface area contributed by atoms with Crippen LogP contribution in [-0.2, 0) is 14.3 Å². The molecule has 1 atom stereocenters. The third kappa shape index (κ3) is 5.37. The number of amides is 1. The van der Waals surface area contributed by atoms with Gasteiger partial charge in [-0.3, -0.25) is 14.5 Å². The van der Waals surface area contributed by atoms with E-state index in [-0.39, 0.29) is 29.5 Å². The molecule has 0 bridgehead atoms. The normalized spacial score (nSPS) is 20.2. The largest absolute Gasteiger partial charge is 0.507 e. The van der Waals surface area contributed by atoms with E-state index in [0.717, 1.165) is 19.2 Å². The molecule has 2 aliphatic heterocycles. The molecular formula is C27H31FN2O6. The molecule has 0 saturated carbocycles. The van der Waals surface area contributed by atoms with Crippen molar-refractivity contribution in [1.82, 2.24) is 9.80 Å². The summed E-state index contributed by atoms with van der Waals surface area (Å²) >= 11 is 0. The molecule has 1 N–H and O–H groups in total. The lowest BCUT2D eigenvalue weighted by atomic mass is 9.95. The van der Waals surface area contributed by atoms with Gasteiger partial charge in [0.25, 0.3) is 11.7 Å². The van der Waals surface area contributed by atoms with E-state index in [1.54, 1.807) is 45.2 Å². The minimum absolute atomic E-state index is 0.0409. The first-order valence-corrected chi connectivity index (χ1v) is 12.0. The lowest BCUT2D eigenvalue weighted by Crippen LogP contribution is -2.42. The second-order valence-electron chi connectivity index (χ2n) is 9.03. The summed E-state index contributed by atoms with van der Waals surface area (Å²) in [5.74, 6) is -1.96. The Morgan fingerprint density at radius 1 is 1.11 bits per heavy atom. The monoisotopic (exact) mass is 498 g/mol. The molecule has 36 heavy (non-hydrogen) atoms. The topological polar surface area (TPSA) is 88.5 Å². The molecule has 2 aromatic rings. The van der Waals surface area contributed by atoms with Gasteiger partial charge in [0.05, 0.1) is 38.0 Å². The van der Waals surface area contributed by atoms with Crippen molar-refractivity contribution in [3.05, 3.63) is 65.0 Å². The van der Waals surface area contributed by atoms with Crippen molar-refractivity contribution in [3.63, 3.8) is 0 Å². The maximum Gasteiger partial charge on any atom is 0.295 e. The molecule has 192 valence electrons. The van der Waals surface area contributed by atoms with Gasteiger partial charge in [-0.2, -0.15) is 0 Å². The number of benzene rings is 2. The number of ether oxygens (including phenoxy) is 3. The van der Waals surface area contributed by atoms with Gasteiger partial charge in [-0.15, -0.1) is 0 Å². The Morgan fingerprint density at radius 2 is 1.81 bits per heavy atom. The van der Waals surface area contributed by atoms with Crippen LogP contribution in [0.4, 0.5) is 4.39 Å². The number of Topliss-reactive ketones (excluding diaryl/α,β-unsaturated/α-hetero) is 1. The van der Waals surface area contributed by atoms with Gasteiger partial charge in [0.15, 0.2) is 11.6 Å². The van der Waals surface area contributed by atoms with Crippen LogP contribution in [0.1, 0.15) is 31.0 Å². The standard InChI is InChI=1S/C27H31FN2O6/c1-17(2)36-22-9-6-19(16-21(22)28)25(31)23-24(18-4-7-20(34-3)8-5-18)30(27(33)26(23)32)11-10-29-12-14-35-15-13-29/h4-9,16-17,24,31H,10-15H2,1-3H3/t24-/m1/s1. The second kappa shape index (κ2) is 11.1. The lowest BCUT2D eigenvalue weighted by Gasteiger charge is -2.31. The number of carbonyl (C=O) groups excluding carboxylic acids is 2. The predicted molar refractivity (Wildman–Crippen MR) is 131 cm³/mol. The number of hydrogen-bond acceptors (Lipinski definition) is 7. The Morgan fingerprint density at radius 3 is 2.42 bits per heavy atom. The van der Waals surface area contributed by atoms with Crippen molar-refractivity contribution in [3.8, 4) is 11.5 Å². The molecule has 0 aliphatic carbocycles. The first kappa shape index (κ1) is 25.7. The van der Waals surface area contributed by atoms with E-state index >= 15 is 0 Å².